The van der Waals surface area contributed by atoms with Crippen LogP contribution in [0.2, 0.25) is 0 Å². The fraction of sp³-hybridized carbons (Fsp3) is 0.222. The molecule has 0 saturated heterocycles. The molecule has 0 aromatic heterocycles. The second-order valence-electron chi connectivity index (χ2n) is 2.20. The molecular weight excluding hydrogens is 317 g/mol. The largest absolute Gasteiger partial charge is 0.325 e. The van der Waals surface area contributed by atoms with Crippen molar-refractivity contribution in [3.63, 3.8) is 0 Å². The molecule has 0 heterocycles. The first-order valence-corrected chi connectivity index (χ1v) is 3.13. The third kappa shape index (κ3) is 4.36. The number of benzene rings is 1. The summed E-state index contributed by atoms with van der Waals surface area (Å²) in [6.07, 6.45) is 0. The van der Waals surface area contributed by atoms with E-state index in [1.54, 1.807) is 0 Å². The summed E-state index contributed by atoms with van der Waals surface area (Å²) in [6.45, 7) is 9.06. The van der Waals surface area contributed by atoms with E-state index >= 15 is 0 Å². The van der Waals surface area contributed by atoms with Crippen molar-refractivity contribution < 1.29 is 21.1 Å². The van der Waals surface area contributed by atoms with Crippen LogP contribution < -0.4 is 0 Å². The van der Waals surface area contributed by atoms with Gasteiger partial charge < -0.3 is 4.85 Å². The van der Waals surface area contributed by atoms with Crippen LogP contribution in [0.5, 0.6) is 0 Å². The molecule has 0 unspecified atom stereocenters. The Morgan fingerprint density at radius 3 is 2.58 bits per heavy atom. The molecule has 0 aliphatic carbocycles. The first kappa shape index (κ1) is 14.0. The zero-order valence-electron chi connectivity index (χ0n) is 6.87. The van der Waals surface area contributed by atoms with Crippen molar-refractivity contribution in [2.24, 2.45) is 0 Å². The van der Waals surface area contributed by atoms with E-state index in [9.17, 15) is 0 Å². The Bertz CT molecular complexity index is 250. The molecule has 1 aromatic carbocycles. The molecule has 3 heteroatoms. The van der Waals surface area contributed by atoms with Crippen LogP contribution in [-0.2, 0) is 27.6 Å². The van der Waals surface area contributed by atoms with E-state index in [1.807, 2.05) is 25.1 Å². The minimum absolute atomic E-state index is 0. The van der Waals surface area contributed by atoms with Gasteiger partial charge >= 0.3 is 0 Å². The van der Waals surface area contributed by atoms with E-state index in [1.165, 1.54) is 0 Å². The Labute approximate surface area is 89.8 Å². The molecule has 0 aliphatic heterocycles. The van der Waals surface area contributed by atoms with Crippen molar-refractivity contribution in [1.82, 2.24) is 0 Å². The fourth-order valence-electron chi connectivity index (χ4n) is 0.724. The average molecular weight is 325 g/mol. The molecule has 0 atom stereocenters. The van der Waals surface area contributed by atoms with Crippen LogP contribution in [0, 0.1) is 19.6 Å². The van der Waals surface area contributed by atoms with E-state index < -0.39 is 0 Å². The van der Waals surface area contributed by atoms with Crippen LogP contribution >= 0.6 is 0 Å². The molecule has 0 fully saturated rings. The molecule has 0 N–H and O–H groups in total. The van der Waals surface area contributed by atoms with Crippen LogP contribution in [0.1, 0.15) is 11.1 Å². The average Bonchev–Trinajstić information content (AvgIpc) is 1.95. The van der Waals surface area contributed by atoms with Gasteiger partial charge in [0.05, 0.1) is 0 Å². The van der Waals surface area contributed by atoms with E-state index in [4.69, 9.17) is 6.57 Å². The van der Waals surface area contributed by atoms with Gasteiger partial charge in [0.2, 0.25) is 0 Å². The van der Waals surface area contributed by atoms with E-state index in [0.717, 1.165) is 11.1 Å². The van der Waals surface area contributed by atoms with Crippen molar-refractivity contribution >= 4 is 8.41 Å². The molecule has 0 aliphatic rings. The minimum Gasteiger partial charge on any atom is -0.325 e. The normalized spacial score (nSPS) is 7.33. The summed E-state index contributed by atoms with van der Waals surface area (Å²) in [4.78, 5) is 3.27. The van der Waals surface area contributed by atoms with Gasteiger partial charge in [0.15, 0.2) is 6.54 Å². The smallest absolute Gasteiger partial charge is 0.199 e. The van der Waals surface area contributed by atoms with Crippen molar-refractivity contribution in [2.45, 2.75) is 13.5 Å². The zero-order valence-corrected chi connectivity index (χ0v) is 9.81. The fourth-order valence-corrected chi connectivity index (χ4v) is 0.724. The zero-order chi connectivity index (χ0) is 7.40. The Morgan fingerprint density at radius 1 is 1.50 bits per heavy atom. The first-order chi connectivity index (χ1) is 4.83. The molecule has 1 aromatic rings. The van der Waals surface area contributed by atoms with Crippen LogP contribution in [0.4, 0.5) is 0 Å². The van der Waals surface area contributed by atoms with Gasteiger partial charge in [0, 0.05) is 29.5 Å². The van der Waals surface area contributed by atoms with Gasteiger partial charge in [0.1, 0.15) is 0 Å². The number of nitrogens with zero attached hydrogens (tertiary/aromatic N) is 1. The quantitative estimate of drug-likeness (QED) is 0.548. The van der Waals surface area contributed by atoms with Gasteiger partial charge in [-0.2, -0.15) is 29.8 Å². The van der Waals surface area contributed by atoms with Crippen molar-refractivity contribution in [1.29, 1.82) is 0 Å². The van der Waals surface area contributed by atoms with Crippen molar-refractivity contribution in [3.8, 4) is 0 Å². The second kappa shape index (κ2) is 7.13. The summed E-state index contributed by atoms with van der Waals surface area (Å²) >= 11 is 0. The maximum absolute atomic E-state index is 6.60. The van der Waals surface area contributed by atoms with Gasteiger partial charge in [-0.25, -0.2) is 6.57 Å². The first-order valence-electron chi connectivity index (χ1n) is 3.13. The molecule has 0 spiro atoms. The van der Waals surface area contributed by atoms with Gasteiger partial charge in [-0.05, 0) is 0 Å². The number of hydrogen-bond acceptors (Lipinski definition) is 0. The maximum Gasteiger partial charge on any atom is 0.199 e. The van der Waals surface area contributed by atoms with Gasteiger partial charge in [0.25, 0.3) is 0 Å². The molecule has 3 radical (unpaired) electrons. The third-order valence-electron chi connectivity index (χ3n) is 1.29. The summed E-state index contributed by atoms with van der Waals surface area (Å²) in [5.74, 6) is 0. The summed E-state index contributed by atoms with van der Waals surface area (Å²) in [5, 5.41) is 0. The second-order valence-corrected chi connectivity index (χ2v) is 2.20. The maximum atomic E-state index is 6.60. The summed E-state index contributed by atoms with van der Waals surface area (Å²) in [7, 11) is 0. The minimum atomic E-state index is 0. The van der Waals surface area contributed by atoms with Crippen molar-refractivity contribution in [2.75, 3.05) is 0 Å². The number of rotatable bonds is 1. The van der Waals surface area contributed by atoms with Gasteiger partial charge in [-0.3, -0.25) is 0 Å². The monoisotopic (exact) mass is 325 g/mol. The molecule has 0 saturated carbocycles. The predicted molar refractivity (Wildman–Crippen MR) is 46.1 cm³/mol. The van der Waals surface area contributed by atoms with E-state index in [-0.39, 0.29) is 29.5 Å². The van der Waals surface area contributed by atoms with E-state index in [2.05, 4.69) is 10.9 Å². The Kier molecular flexibility index (Phi) is 8.33. The van der Waals surface area contributed by atoms with Crippen LogP contribution in [-0.4, -0.2) is 8.41 Å². The van der Waals surface area contributed by atoms with Crippen LogP contribution in [0.25, 0.3) is 4.85 Å². The molecule has 59 valence electrons. The summed E-state index contributed by atoms with van der Waals surface area (Å²) in [5.41, 5.74) is 2.16. The SMILES string of the molecule is [B].[C-]#[N+]Cc1c[c-]c(C)cc1.[W]. The number of aryl methyl sites for hydroxylation is 1. The standard InChI is InChI=1S/C9H8N.B.W/c1-8-3-5-9(6-4-8)7-10-2;;/h3,5-6H,7H2,1H3;;/q-1;;. The van der Waals surface area contributed by atoms with E-state index in [0.29, 0.717) is 6.54 Å². The molecule has 1 nitrogen and oxygen atoms in total. The molecule has 1 rings (SSSR count). The van der Waals surface area contributed by atoms with Crippen molar-refractivity contribution in [3.05, 3.63) is 46.8 Å². The summed E-state index contributed by atoms with van der Waals surface area (Å²) in [6, 6.07) is 8.84. The Balaban J connectivity index is 0. The van der Waals surface area contributed by atoms with Crippen LogP contribution in [0.3, 0.4) is 0 Å². The Hall–Kier alpha value is -0.537. The van der Waals surface area contributed by atoms with Crippen LogP contribution in [0.15, 0.2) is 18.2 Å². The molecule has 12 heavy (non-hydrogen) atoms. The topological polar surface area (TPSA) is 4.36 Å². The summed E-state index contributed by atoms with van der Waals surface area (Å²) < 4.78 is 0. The third-order valence-corrected chi connectivity index (χ3v) is 1.29. The van der Waals surface area contributed by atoms with Gasteiger partial charge in [-0.15, -0.1) is 0 Å². The molecule has 0 amide bonds. The molecular formula is C9H8BNW-. The Morgan fingerprint density at radius 2 is 2.17 bits per heavy atom. The molecule has 0 bridgehead atoms. The number of hydrogen-bond donors (Lipinski definition) is 0. The predicted octanol–water partition coefficient (Wildman–Crippen LogP) is 1.83. The van der Waals surface area contributed by atoms with Gasteiger partial charge in [-0.1, -0.05) is 12.5 Å².